The van der Waals surface area contributed by atoms with Crippen LogP contribution in [0.2, 0.25) is 0 Å². The van der Waals surface area contributed by atoms with Gasteiger partial charge in [0.15, 0.2) is 0 Å². The van der Waals surface area contributed by atoms with Crippen molar-refractivity contribution in [1.29, 1.82) is 0 Å². The lowest BCUT2D eigenvalue weighted by molar-refractivity contribution is -0.124. The van der Waals surface area contributed by atoms with E-state index in [9.17, 15) is 9.59 Å². The van der Waals surface area contributed by atoms with E-state index in [0.717, 1.165) is 6.42 Å². The van der Waals surface area contributed by atoms with Gasteiger partial charge in [0.25, 0.3) is 5.91 Å². The molecule has 1 heterocycles. The molecule has 6 heteroatoms. The summed E-state index contributed by atoms with van der Waals surface area (Å²) in [5.74, 6) is -0.393. The minimum absolute atomic E-state index is 0.126. The highest BCUT2D eigenvalue weighted by Crippen LogP contribution is 2.07. The largest absolute Gasteiger partial charge is 0.389 e. The summed E-state index contributed by atoms with van der Waals surface area (Å²) in [7, 11) is 0. The molecule has 0 bridgehead atoms. The Labute approximate surface area is 116 Å². The Bertz CT molecular complexity index is 513. The number of benzene rings is 1. The zero-order chi connectivity index (χ0) is 13.8. The van der Waals surface area contributed by atoms with Crippen molar-refractivity contribution in [3.8, 4) is 0 Å². The standard InChI is InChI=1S/C13H15N3O2S/c14-11(19)8-3-5-9(6-4-8)12(17)16-10-2-1-7-15-13(10)18/h3-6,10H,1-2,7H2,(H2,14,19)(H,15,18)(H,16,17). The maximum Gasteiger partial charge on any atom is 0.251 e. The molecule has 1 saturated heterocycles. The molecule has 100 valence electrons. The molecule has 0 aliphatic carbocycles. The molecular weight excluding hydrogens is 262 g/mol. The Morgan fingerprint density at radius 1 is 1.32 bits per heavy atom. The first-order valence-electron chi connectivity index (χ1n) is 6.06. The second kappa shape index (κ2) is 5.79. The van der Waals surface area contributed by atoms with Crippen molar-refractivity contribution >= 4 is 29.0 Å². The first kappa shape index (κ1) is 13.5. The molecule has 2 rings (SSSR count). The van der Waals surface area contributed by atoms with E-state index in [-0.39, 0.29) is 11.8 Å². The quantitative estimate of drug-likeness (QED) is 0.695. The average molecular weight is 277 g/mol. The SMILES string of the molecule is NC(=S)c1ccc(C(=O)NC2CCCNC2=O)cc1. The van der Waals surface area contributed by atoms with Gasteiger partial charge < -0.3 is 16.4 Å². The van der Waals surface area contributed by atoms with E-state index in [4.69, 9.17) is 18.0 Å². The Kier molecular flexibility index (Phi) is 4.11. The van der Waals surface area contributed by atoms with Crippen molar-refractivity contribution in [1.82, 2.24) is 10.6 Å². The normalized spacial score (nSPS) is 18.5. The van der Waals surface area contributed by atoms with Gasteiger partial charge in [-0.25, -0.2) is 0 Å². The van der Waals surface area contributed by atoms with Gasteiger partial charge in [0.2, 0.25) is 5.91 Å². The monoisotopic (exact) mass is 277 g/mol. The summed E-state index contributed by atoms with van der Waals surface area (Å²) >= 11 is 4.84. The van der Waals surface area contributed by atoms with Gasteiger partial charge in [-0.2, -0.15) is 0 Å². The van der Waals surface area contributed by atoms with Gasteiger partial charge in [-0.3, -0.25) is 9.59 Å². The summed E-state index contributed by atoms with van der Waals surface area (Å²) in [4.78, 5) is 23.8. The van der Waals surface area contributed by atoms with Gasteiger partial charge in [0.05, 0.1) is 0 Å². The number of carbonyl (C=O) groups is 2. The molecule has 19 heavy (non-hydrogen) atoms. The average Bonchev–Trinajstić information content (AvgIpc) is 2.41. The maximum absolute atomic E-state index is 12.0. The van der Waals surface area contributed by atoms with E-state index < -0.39 is 6.04 Å². The Hall–Kier alpha value is -1.95. The Morgan fingerprint density at radius 2 is 1.95 bits per heavy atom. The van der Waals surface area contributed by atoms with Crippen LogP contribution in [0, 0.1) is 0 Å². The van der Waals surface area contributed by atoms with Crippen LogP contribution in [-0.4, -0.2) is 29.4 Å². The lowest BCUT2D eigenvalue weighted by atomic mass is 10.1. The number of rotatable bonds is 3. The van der Waals surface area contributed by atoms with E-state index in [1.807, 2.05) is 0 Å². The van der Waals surface area contributed by atoms with Crippen LogP contribution in [-0.2, 0) is 4.79 Å². The van der Waals surface area contributed by atoms with Crippen molar-refractivity contribution in [3.63, 3.8) is 0 Å². The molecule has 5 nitrogen and oxygen atoms in total. The zero-order valence-electron chi connectivity index (χ0n) is 10.3. The van der Waals surface area contributed by atoms with E-state index in [1.165, 1.54) is 0 Å². The number of nitrogens with two attached hydrogens (primary N) is 1. The summed E-state index contributed by atoms with van der Waals surface area (Å²) < 4.78 is 0. The molecule has 4 N–H and O–H groups in total. The third-order valence-electron chi connectivity index (χ3n) is 3.02. The lowest BCUT2D eigenvalue weighted by Crippen LogP contribution is -2.50. The van der Waals surface area contributed by atoms with Gasteiger partial charge >= 0.3 is 0 Å². The fourth-order valence-electron chi connectivity index (χ4n) is 1.94. The lowest BCUT2D eigenvalue weighted by Gasteiger charge is -2.22. The smallest absolute Gasteiger partial charge is 0.251 e. The van der Waals surface area contributed by atoms with Gasteiger partial charge in [0, 0.05) is 17.7 Å². The van der Waals surface area contributed by atoms with Crippen molar-refractivity contribution in [2.24, 2.45) is 5.73 Å². The van der Waals surface area contributed by atoms with Crippen molar-refractivity contribution in [2.75, 3.05) is 6.54 Å². The van der Waals surface area contributed by atoms with Crippen LogP contribution >= 0.6 is 12.2 Å². The van der Waals surface area contributed by atoms with Crippen LogP contribution in [0.4, 0.5) is 0 Å². The van der Waals surface area contributed by atoms with Crippen LogP contribution in [0.25, 0.3) is 0 Å². The van der Waals surface area contributed by atoms with E-state index in [1.54, 1.807) is 24.3 Å². The van der Waals surface area contributed by atoms with Crippen LogP contribution in [0.1, 0.15) is 28.8 Å². The predicted molar refractivity (Wildman–Crippen MR) is 75.8 cm³/mol. The topological polar surface area (TPSA) is 84.2 Å². The number of hydrogen-bond donors (Lipinski definition) is 3. The van der Waals surface area contributed by atoms with Gasteiger partial charge in [-0.15, -0.1) is 0 Å². The van der Waals surface area contributed by atoms with Gasteiger partial charge in [-0.05, 0) is 25.0 Å². The van der Waals surface area contributed by atoms with Crippen molar-refractivity contribution in [2.45, 2.75) is 18.9 Å². The van der Waals surface area contributed by atoms with Gasteiger partial charge in [-0.1, -0.05) is 24.4 Å². The van der Waals surface area contributed by atoms with Crippen LogP contribution in [0.5, 0.6) is 0 Å². The Balaban J connectivity index is 2.03. The molecule has 0 radical (unpaired) electrons. The number of hydrogen-bond acceptors (Lipinski definition) is 3. The molecule has 1 fully saturated rings. The summed E-state index contributed by atoms with van der Waals surface area (Å²) in [5.41, 5.74) is 6.68. The van der Waals surface area contributed by atoms with Crippen molar-refractivity contribution in [3.05, 3.63) is 35.4 Å². The molecule has 0 spiro atoms. The first-order chi connectivity index (χ1) is 9.08. The molecule has 1 atom stereocenters. The molecule has 1 aliphatic heterocycles. The highest BCUT2D eigenvalue weighted by atomic mass is 32.1. The highest BCUT2D eigenvalue weighted by Gasteiger charge is 2.23. The highest BCUT2D eigenvalue weighted by molar-refractivity contribution is 7.80. The molecule has 1 aromatic carbocycles. The van der Waals surface area contributed by atoms with Gasteiger partial charge in [0.1, 0.15) is 11.0 Å². The predicted octanol–water partition coefficient (Wildman–Crippen LogP) is 0.329. The third-order valence-corrected chi connectivity index (χ3v) is 3.26. The molecule has 0 saturated carbocycles. The Morgan fingerprint density at radius 3 is 2.53 bits per heavy atom. The van der Waals surface area contributed by atoms with Crippen LogP contribution in [0.15, 0.2) is 24.3 Å². The number of carbonyl (C=O) groups excluding carboxylic acids is 2. The number of nitrogens with one attached hydrogen (secondary N) is 2. The molecule has 1 aromatic rings. The van der Waals surface area contributed by atoms with Crippen molar-refractivity contribution < 1.29 is 9.59 Å². The fraction of sp³-hybridized carbons (Fsp3) is 0.308. The minimum Gasteiger partial charge on any atom is -0.389 e. The molecule has 2 amide bonds. The second-order valence-electron chi connectivity index (χ2n) is 4.40. The summed E-state index contributed by atoms with van der Waals surface area (Å²) in [6, 6.07) is 6.22. The minimum atomic E-state index is -0.448. The molecular formula is C13H15N3O2S. The summed E-state index contributed by atoms with van der Waals surface area (Å²) in [6.07, 6.45) is 1.54. The molecule has 1 aliphatic rings. The summed E-state index contributed by atoms with van der Waals surface area (Å²) in [6.45, 7) is 0.674. The first-order valence-corrected chi connectivity index (χ1v) is 6.47. The fourth-order valence-corrected chi connectivity index (χ4v) is 2.07. The summed E-state index contributed by atoms with van der Waals surface area (Å²) in [5, 5.41) is 5.44. The van der Waals surface area contributed by atoms with Crippen LogP contribution < -0.4 is 16.4 Å². The third kappa shape index (κ3) is 3.29. The molecule has 0 aromatic heterocycles. The molecule has 1 unspecified atom stereocenters. The second-order valence-corrected chi connectivity index (χ2v) is 4.84. The zero-order valence-corrected chi connectivity index (χ0v) is 11.1. The number of piperidine rings is 1. The maximum atomic E-state index is 12.0. The van der Waals surface area contributed by atoms with E-state index >= 15 is 0 Å². The van der Waals surface area contributed by atoms with Crippen LogP contribution in [0.3, 0.4) is 0 Å². The van der Waals surface area contributed by atoms with E-state index in [2.05, 4.69) is 10.6 Å². The number of amides is 2. The van der Waals surface area contributed by atoms with E-state index in [0.29, 0.717) is 29.1 Å². The number of thiocarbonyl (C=S) groups is 1.